The third-order valence-electron chi connectivity index (χ3n) is 4.50. The molecule has 2 rings (SSSR count). The van der Waals surface area contributed by atoms with Gasteiger partial charge in [-0.1, -0.05) is 18.7 Å². The zero-order valence-electron chi connectivity index (χ0n) is 17.0. The molecule has 28 heavy (non-hydrogen) atoms. The van der Waals surface area contributed by atoms with Crippen LogP contribution in [-0.2, 0) is 4.74 Å². The highest BCUT2D eigenvalue weighted by molar-refractivity contribution is 6.71. The maximum Gasteiger partial charge on any atom is 0.153 e. The molecule has 2 aliphatic heterocycles. The van der Waals surface area contributed by atoms with E-state index in [2.05, 4.69) is 38.0 Å². The first-order valence-corrected chi connectivity index (χ1v) is 9.74. The third kappa shape index (κ3) is 6.28. The second-order valence-corrected chi connectivity index (χ2v) is 6.41. The van der Waals surface area contributed by atoms with Gasteiger partial charge in [-0.2, -0.15) is 0 Å². The van der Waals surface area contributed by atoms with Crippen LogP contribution >= 0.6 is 0 Å². The normalized spacial score (nSPS) is 22.8. The molecule has 2 heterocycles. The van der Waals surface area contributed by atoms with Crippen molar-refractivity contribution in [1.29, 1.82) is 0 Å². The summed E-state index contributed by atoms with van der Waals surface area (Å²) in [4.78, 5) is 15.7. The van der Waals surface area contributed by atoms with Crippen LogP contribution in [0, 0.1) is 0 Å². The van der Waals surface area contributed by atoms with Gasteiger partial charge in [0.25, 0.3) is 0 Å². The topological polar surface area (TPSA) is 87.6 Å². The predicted octanol–water partition coefficient (Wildman–Crippen LogP) is 1.71. The number of unbranched alkanes of at least 4 members (excludes halogenated alkanes) is 1. The Balaban J connectivity index is 2.20. The first-order valence-electron chi connectivity index (χ1n) is 9.74. The molecular formula is C21H32N6O. The molecule has 0 saturated carbocycles. The van der Waals surface area contributed by atoms with Crippen LogP contribution in [-0.4, -0.2) is 75.6 Å². The lowest BCUT2D eigenvalue weighted by atomic mass is 10.0. The van der Waals surface area contributed by atoms with Gasteiger partial charge in [-0.15, -0.1) is 0 Å². The lowest BCUT2D eigenvalue weighted by Crippen LogP contribution is -2.40. The number of amidine groups is 1. The molecule has 0 atom stereocenters. The van der Waals surface area contributed by atoms with Crippen LogP contribution in [0.3, 0.4) is 0 Å². The summed E-state index contributed by atoms with van der Waals surface area (Å²) in [6.07, 6.45) is 11.9. The van der Waals surface area contributed by atoms with E-state index in [1.807, 2.05) is 24.3 Å². The number of hydrogen-bond donors (Lipinski definition) is 2. The van der Waals surface area contributed by atoms with Gasteiger partial charge in [0.15, 0.2) is 5.84 Å². The lowest BCUT2D eigenvalue weighted by molar-refractivity contribution is 0.0594. The fourth-order valence-corrected chi connectivity index (χ4v) is 2.92. The Hall–Kier alpha value is -2.51. The zero-order valence-corrected chi connectivity index (χ0v) is 17.0. The van der Waals surface area contributed by atoms with Gasteiger partial charge < -0.3 is 20.7 Å². The molecule has 1 saturated heterocycles. The van der Waals surface area contributed by atoms with Gasteiger partial charge in [0.05, 0.1) is 18.9 Å². The largest absolute Gasteiger partial charge is 0.378 e. The second-order valence-electron chi connectivity index (χ2n) is 6.41. The Bertz CT molecular complexity index is 708. The lowest BCUT2D eigenvalue weighted by Gasteiger charge is -2.25. The summed E-state index contributed by atoms with van der Waals surface area (Å²) >= 11 is 0. The van der Waals surface area contributed by atoms with E-state index in [1.165, 1.54) is 0 Å². The zero-order chi connectivity index (χ0) is 20.2. The van der Waals surface area contributed by atoms with Crippen LogP contribution in [0.5, 0.6) is 0 Å². The van der Waals surface area contributed by atoms with Crippen molar-refractivity contribution in [2.75, 3.05) is 53.5 Å². The Kier molecular flexibility index (Phi) is 9.37. The number of rotatable bonds is 8. The molecule has 2 aliphatic rings. The molecule has 0 radical (unpaired) electrons. The number of morpholine rings is 1. The molecule has 0 unspecified atom stereocenters. The minimum absolute atomic E-state index is 0.679. The first kappa shape index (κ1) is 21.8. The van der Waals surface area contributed by atoms with Crippen molar-refractivity contribution in [2.24, 2.45) is 20.7 Å². The summed E-state index contributed by atoms with van der Waals surface area (Å²) in [6.45, 7) is 8.72. The van der Waals surface area contributed by atoms with Crippen molar-refractivity contribution in [3.63, 3.8) is 0 Å². The van der Waals surface area contributed by atoms with Crippen molar-refractivity contribution >= 4 is 17.3 Å². The Morgan fingerprint density at radius 2 is 2.07 bits per heavy atom. The average molecular weight is 385 g/mol. The Morgan fingerprint density at radius 1 is 1.29 bits per heavy atom. The summed E-state index contributed by atoms with van der Waals surface area (Å²) in [7, 11) is 3.52. The van der Waals surface area contributed by atoms with Gasteiger partial charge in [-0.05, 0) is 43.3 Å². The number of nitrogens with zero attached hydrogens (tertiary/aromatic N) is 4. The van der Waals surface area contributed by atoms with E-state index >= 15 is 0 Å². The fourth-order valence-electron chi connectivity index (χ4n) is 2.92. The highest BCUT2D eigenvalue weighted by Crippen LogP contribution is 2.14. The summed E-state index contributed by atoms with van der Waals surface area (Å²) < 4.78 is 5.38. The Labute approximate surface area is 168 Å². The summed E-state index contributed by atoms with van der Waals surface area (Å²) in [6, 6.07) is 0. The van der Waals surface area contributed by atoms with E-state index in [1.54, 1.807) is 14.1 Å². The molecule has 3 N–H and O–H groups in total. The molecular weight excluding hydrogens is 352 g/mol. The van der Waals surface area contributed by atoms with Gasteiger partial charge in [-0.25, -0.2) is 0 Å². The fraction of sp³-hybridized carbons (Fsp3) is 0.476. The Morgan fingerprint density at radius 3 is 2.71 bits per heavy atom. The second kappa shape index (κ2) is 12.0. The number of nitrogens with two attached hydrogens (primary N) is 1. The monoisotopic (exact) mass is 384 g/mol. The first-order chi connectivity index (χ1) is 13.7. The number of nitrogens with one attached hydrogen (secondary N) is 1. The van der Waals surface area contributed by atoms with Crippen LogP contribution in [0.4, 0.5) is 0 Å². The minimum atomic E-state index is 0.679. The van der Waals surface area contributed by atoms with Gasteiger partial charge in [0, 0.05) is 39.4 Å². The predicted molar refractivity (Wildman–Crippen MR) is 118 cm³/mol. The molecule has 0 aromatic carbocycles. The van der Waals surface area contributed by atoms with E-state index < -0.39 is 0 Å². The maximum absolute atomic E-state index is 5.57. The number of ether oxygens (including phenoxy) is 1. The molecule has 7 nitrogen and oxygen atoms in total. The molecule has 0 aliphatic carbocycles. The summed E-state index contributed by atoms with van der Waals surface area (Å²) in [5, 5.41) is 3.40. The molecule has 1 fully saturated rings. The number of allylic oxidation sites excluding steroid dienone is 4. The number of hydrogen-bond acceptors (Lipinski definition) is 6. The third-order valence-corrected chi connectivity index (χ3v) is 4.50. The highest BCUT2D eigenvalue weighted by Gasteiger charge is 2.21. The SMILES string of the molecule is C=C/C(=C\C=C\N1CCOCC1)C1=CC(=NC)C(=NC)C(=NCCCCN)N1. The number of aliphatic imine (C=N–C) groups is 3. The molecule has 0 aromatic rings. The van der Waals surface area contributed by atoms with Crippen molar-refractivity contribution in [1.82, 2.24) is 10.2 Å². The maximum atomic E-state index is 5.57. The van der Waals surface area contributed by atoms with Crippen molar-refractivity contribution in [3.05, 3.63) is 48.4 Å². The van der Waals surface area contributed by atoms with E-state index in [4.69, 9.17) is 10.5 Å². The summed E-state index contributed by atoms with van der Waals surface area (Å²) in [5.74, 6) is 0.738. The summed E-state index contributed by atoms with van der Waals surface area (Å²) in [5.41, 5.74) is 9.03. The average Bonchev–Trinajstić information content (AvgIpc) is 2.74. The van der Waals surface area contributed by atoms with Gasteiger partial charge in [0.1, 0.15) is 5.71 Å². The molecule has 0 spiro atoms. The van der Waals surface area contributed by atoms with Crippen LogP contribution in [0.1, 0.15) is 12.8 Å². The van der Waals surface area contributed by atoms with Crippen LogP contribution in [0.2, 0.25) is 0 Å². The van der Waals surface area contributed by atoms with Crippen LogP contribution in [0.25, 0.3) is 0 Å². The van der Waals surface area contributed by atoms with E-state index in [-0.39, 0.29) is 0 Å². The van der Waals surface area contributed by atoms with Crippen LogP contribution in [0.15, 0.2) is 63.3 Å². The standard InChI is InChI=1S/C21H32N6O/c1-4-17(8-7-11-27-12-14-28-15-13-27)18-16-19(23-2)20(24-3)21(26-18)25-10-6-5-9-22/h4,7-8,11,16H,1,5-6,9-10,12-15,22H2,2-3H3,(H,25,26)/b11-7+,17-8+,23-19?,24-20?. The quantitative estimate of drug-likeness (QED) is 0.493. The molecule has 0 bridgehead atoms. The molecule has 7 heteroatoms. The van der Waals surface area contributed by atoms with Gasteiger partial charge in [-0.3, -0.25) is 15.0 Å². The van der Waals surface area contributed by atoms with Gasteiger partial charge in [0.2, 0.25) is 0 Å². The van der Waals surface area contributed by atoms with E-state index in [0.29, 0.717) is 13.1 Å². The van der Waals surface area contributed by atoms with Crippen molar-refractivity contribution in [2.45, 2.75) is 12.8 Å². The highest BCUT2D eigenvalue weighted by atomic mass is 16.5. The van der Waals surface area contributed by atoms with Gasteiger partial charge >= 0.3 is 0 Å². The van der Waals surface area contributed by atoms with Crippen molar-refractivity contribution < 1.29 is 4.74 Å². The molecule has 152 valence electrons. The molecule has 0 amide bonds. The van der Waals surface area contributed by atoms with Crippen LogP contribution < -0.4 is 11.1 Å². The van der Waals surface area contributed by atoms with E-state index in [0.717, 1.165) is 67.7 Å². The van der Waals surface area contributed by atoms with Crippen molar-refractivity contribution in [3.8, 4) is 0 Å². The van der Waals surface area contributed by atoms with E-state index in [9.17, 15) is 0 Å². The molecule has 0 aromatic heterocycles. The minimum Gasteiger partial charge on any atom is -0.378 e. The smallest absolute Gasteiger partial charge is 0.153 e.